The number of hydrogen-bond donors (Lipinski definition) is 5. The highest BCUT2D eigenvalue weighted by molar-refractivity contribution is 5.95. The van der Waals surface area contributed by atoms with Crippen LogP contribution in [-0.2, 0) is 33.3 Å². The van der Waals surface area contributed by atoms with Crippen molar-refractivity contribution < 1.29 is 63.3 Å². The molecule has 57 heavy (non-hydrogen) atoms. The number of carbonyl (C=O) groups excluding carboxylic acids is 5. The fourth-order valence-corrected chi connectivity index (χ4v) is 9.14. The van der Waals surface area contributed by atoms with Crippen molar-refractivity contribution in [3.63, 3.8) is 0 Å². The first-order valence-electron chi connectivity index (χ1n) is 18.8. The average molecular weight is 784 g/mol. The first-order valence-corrected chi connectivity index (χ1v) is 18.8. The Bertz CT molecular complexity index is 2080. The van der Waals surface area contributed by atoms with Crippen molar-refractivity contribution in [3.05, 3.63) is 119 Å². The van der Waals surface area contributed by atoms with Crippen LogP contribution in [0.5, 0.6) is 0 Å². The van der Waals surface area contributed by atoms with E-state index in [2.05, 4.69) is 5.32 Å². The van der Waals surface area contributed by atoms with Crippen LogP contribution < -0.4 is 5.32 Å². The minimum absolute atomic E-state index is 0.0424. The molecule has 11 unspecified atom stereocenters. The summed E-state index contributed by atoms with van der Waals surface area (Å²) < 4.78 is 23.8. The van der Waals surface area contributed by atoms with Crippen molar-refractivity contribution in [2.24, 2.45) is 11.3 Å². The number of ketones is 1. The van der Waals surface area contributed by atoms with Crippen LogP contribution >= 0.6 is 0 Å². The van der Waals surface area contributed by atoms with Gasteiger partial charge < -0.3 is 44.7 Å². The van der Waals surface area contributed by atoms with Crippen molar-refractivity contribution >= 4 is 29.6 Å². The number of aliphatic hydroxyl groups excluding tert-OH is 3. The maximum absolute atomic E-state index is 14.7. The lowest BCUT2D eigenvalue weighted by atomic mass is 9.48. The zero-order valence-electron chi connectivity index (χ0n) is 31.6. The SMILES string of the molecule is CC(=O)OC12COC1CC(O)C1(C)C(=O)C(O)C3=C(C)C(OC(=O)C(O)C(NC(=O)c4ccccc4)c4ccccc4)CC(O)(C3)C(OC(=O)c3ccccc3)C21. The predicted molar refractivity (Wildman–Crippen MR) is 199 cm³/mol. The van der Waals surface area contributed by atoms with Crippen LogP contribution in [0.4, 0.5) is 0 Å². The van der Waals surface area contributed by atoms with E-state index in [9.17, 15) is 44.4 Å². The number of Topliss-reactive ketones (excluding diaryl/α,β-unsaturated/α-hetero) is 1. The molecule has 300 valence electrons. The quantitative estimate of drug-likeness (QED) is 0.120. The Morgan fingerprint density at radius 2 is 1.49 bits per heavy atom. The molecule has 2 bridgehead atoms. The van der Waals surface area contributed by atoms with Gasteiger partial charge in [0.2, 0.25) is 0 Å². The Labute approximate surface area is 328 Å². The first kappa shape index (κ1) is 40.0. The van der Waals surface area contributed by atoms with Gasteiger partial charge in [-0.3, -0.25) is 14.4 Å². The van der Waals surface area contributed by atoms with Crippen molar-refractivity contribution in [2.75, 3.05) is 6.61 Å². The number of carbonyl (C=O) groups is 5. The minimum atomic E-state index is -2.24. The van der Waals surface area contributed by atoms with E-state index in [1.807, 2.05) is 0 Å². The molecule has 7 rings (SSSR count). The highest BCUT2D eigenvalue weighted by atomic mass is 16.6. The third kappa shape index (κ3) is 6.95. The Kier molecular flexibility index (Phi) is 10.7. The molecular weight excluding hydrogens is 738 g/mol. The molecule has 2 saturated carbocycles. The Morgan fingerprint density at radius 3 is 2.07 bits per heavy atom. The fourth-order valence-electron chi connectivity index (χ4n) is 9.14. The van der Waals surface area contributed by atoms with Gasteiger partial charge in [0.05, 0.1) is 35.6 Å². The smallest absolute Gasteiger partial charge is 0.338 e. The summed E-state index contributed by atoms with van der Waals surface area (Å²) >= 11 is 0. The first-order chi connectivity index (χ1) is 27.1. The summed E-state index contributed by atoms with van der Waals surface area (Å²) in [5.74, 6) is -5.82. The third-order valence-corrected chi connectivity index (χ3v) is 12.2. The van der Waals surface area contributed by atoms with E-state index in [4.69, 9.17) is 18.9 Å². The van der Waals surface area contributed by atoms with Crippen LogP contribution in [0.2, 0.25) is 0 Å². The van der Waals surface area contributed by atoms with E-state index in [0.29, 0.717) is 5.56 Å². The molecule has 4 aliphatic rings. The number of benzene rings is 3. The van der Waals surface area contributed by atoms with Gasteiger partial charge in [0, 0.05) is 31.7 Å². The highest BCUT2D eigenvalue weighted by Gasteiger charge is 2.75. The lowest BCUT2D eigenvalue weighted by Crippen LogP contribution is -2.80. The lowest BCUT2D eigenvalue weighted by molar-refractivity contribution is -0.340. The van der Waals surface area contributed by atoms with Crippen molar-refractivity contribution in [1.29, 1.82) is 0 Å². The molecule has 0 radical (unpaired) electrons. The topological polar surface area (TPSA) is 215 Å². The number of rotatable bonds is 9. The summed E-state index contributed by atoms with van der Waals surface area (Å²) in [5, 5.41) is 50.8. The number of fused-ring (bicyclic) bond motifs is 5. The molecule has 0 spiro atoms. The van der Waals surface area contributed by atoms with Gasteiger partial charge in [0.15, 0.2) is 17.5 Å². The van der Waals surface area contributed by atoms with Crippen LogP contribution in [0.15, 0.2) is 102 Å². The molecule has 3 fully saturated rings. The van der Waals surface area contributed by atoms with Crippen molar-refractivity contribution in [3.8, 4) is 0 Å². The van der Waals surface area contributed by atoms with Gasteiger partial charge in [0.1, 0.15) is 30.0 Å². The second kappa shape index (κ2) is 15.3. The van der Waals surface area contributed by atoms with E-state index >= 15 is 0 Å². The molecular formula is C43H45NO13. The van der Waals surface area contributed by atoms with Crippen LogP contribution in [-0.4, -0.2) is 104 Å². The largest absolute Gasteiger partial charge is 0.456 e. The Hall–Kier alpha value is -5.25. The summed E-state index contributed by atoms with van der Waals surface area (Å²) in [6.07, 6.45) is -10.7. The van der Waals surface area contributed by atoms with Gasteiger partial charge in [-0.1, -0.05) is 66.7 Å². The summed E-state index contributed by atoms with van der Waals surface area (Å²) in [7, 11) is 0. The molecule has 5 N–H and O–H groups in total. The van der Waals surface area contributed by atoms with Crippen molar-refractivity contribution in [1.82, 2.24) is 5.32 Å². The maximum atomic E-state index is 14.7. The van der Waals surface area contributed by atoms with Crippen molar-refractivity contribution in [2.45, 2.75) is 93.9 Å². The molecule has 3 aliphatic carbocycles. The summed E-state index contributed by atoms with van der Waals surface area (Å²) in [6, 6.07) is 23.0. The molecule has 0 aromatic heterocycles. The molecule has 1 saturated heterocycles. The van der Waals surface area contributed by atoms with Gasteiger partial charge in [-0.05, 0) is 54.8 Å². The van der Waals surface area contributed by atoms with Crippen LogP contribution in [0.25, 0.3) is 0 Å². The zero-order chi connectivity index (χ0) is 40.9. The average Bonchev–Trinajstić information content (AvgIpc) is 3.20. The van der Waals surface area contributed by atoms with E-state index in [0.717, 1.165) is 6.92 Å². The maximum Gasteiger partial charge on any atom is 0.338 e. The molecule has 3 aromatic rings. The van der Waals surface area contributed by atoms with E-state index in [-0.39, 0.29) is 35.3 Å². The third-order valence-electron chi connectivity index (χ3n) is 12.2. The van der Waals surface area contributed by atoms with Crippen LogP contribution in [0.1, 0.15) is 72.4 Å². The molecule has 1 amide bonds. The second-order valence-corrected chi connectivity index (χ2v) is 15.6. The predicted octanol–water partition coefficient (Wildman–Crippen LogP) is 2.53. The summed E-state index contributed by atoms with van der Waals surface area (Å²) in [4.78, 5) is 68.6. The minimum Gasteiger partial charge on any atom is -0.456 e. The number of hydrogen-bond acceptors (Lipinski definition) is 13. The van der Waals surface area contributed by atoms with Gasteiger partial charge in [0.25, 0.3) is 5.91 Å². The van der Waals surface area contributed by atoms with E-state index in [1.165, 1.54) is 26.0 Å². The summed E-state index contributed by atoms with van der Waals surface area (Å²) in [5.41, 5.74) is -5.02. The zero-order valence-corrected chi connectivity index (χ0v) is 31.6. The lowest BCUT2D eigenvalue weighted by Gasteiger charge is -2.65. The molecule has 11 atom stereocenters. The Morgan fingerprint density at radius 1 is 0.895 bits per heavy atom. The molecule has 1 aliphatic heterocycles. The summed E-state index contributed by atoms with van der Waals surface area (Å²) in [6.45, 7) is 3.77. The highest BCUT2D eigenvalue weighted by Crippen LogP contribution is 2.60. The van der Waals surface area contributed by atoms with Gasteiger partial charge in [-0.15, -0.1) is 0 Å². The van der Waals surface area contributed by atoms with Crippen LogP contribution in [0, 0.1) is 11.3 Å². The number of nitrogens with one attached hydrogen (secondary N) is 1. The van der Waals surface area contributed by atoms with Crippen LogP contribution in [0.3, 0.4) is 0 Å². The molecule has 14 heteroatoms. The van der Waals surface area contributed by atoms with Gasteiger partial charge in [-0.25, -0.2) is 9.59 Å². The Balaban J connectivity index is 1.29. The fraction of sp³-hybridized carbons (Fsp3) is 0.419. The van der Waals surface area contributed by atoms with E-state index < -0.39 is 108 Å². The van der Waals surface area contributed by atoms with E-state index in [1.54, 1.807) is 78.9 Å². The van der Waals surface area contributed by atoms with Gasteiger partial charge in [-0.2, -0.15) is 0 Å². The molecule has 3 aromatic carbocycles. The molecule has 14 nitrogen and oxygen atoms in total. The molecule has 1 heterocycles. The standard InChI is InChI=1S/C43H45NO13/c1-23-28-20-42(53,21-29(23)55-40(52)34(48)32(25-13-7-4-8-14-25)44-38(50)26-15-9-5-10-16-26)37(56-39(51)27-17-11-6-12-18-27)35-41(3,36(49)33(28)47)30(46)19-31-43(35,22-54-31)57-24(2)45/h4-18,29-35,37,46-48,53H,19-22H2,1-3H3,(H,44,50). The second-order valence-electron chi connectivity index (χ2n) is 15.6. The number of ether oxygens (including phenoxy) is 4. The van der Waals surface area contributed by atoms with Gasteiger partial charge >= 0.3 is 17.9 Å². The normalized spacial score (nSPS) is 32.8. The monoisotopic (exact) mass is 783 g/mol. The number of esters is 3. The number of amides is 1. The number of aliphatic hydroxyl groups is 4.